The molecule has 0 aromatic carbocycles. The van der Waals surface area contributed by atoms with E-state index in [4.69, 9.17) is 9.47 Å². The molecule has 0 aromatic rings. The van der Waals surface area contributed by atoms with E-state index in [9.17, 15) is 0 Å². The lowest BCUT2D eigenvalue weighted by Crippen LogP contribution is -2.29. The molecule has 0 aliphatic heterocycles. The SMILES string of the molecule is CC(C)OCC(C)OC(C)(C)C. The Morgan fingerprint density at radius 3 is 1.92 bits per heavy atom. The zero-order chi connectivity index (χ0) is 9.78. The predicted molar refractivity (Wildman–Crippen MR) is 51.4 cm³/mol. The smallest absolute Gasteiger partial charge is 0.0787 e. The highest BCUT2D eigenvalue weighted by Gasteiger charge is 2.15. The van der Waals surface area contributed by atoms with Crippen molar-refractivity contribution in [3.63, 3.8) is 0 Å². The van der Waals surface area contributed by atoms with E-state index in [-0.39, 0.29) is 17.8 Å². The Morgan fingerprint density at radius 1 is 1.08 bits per heavy atom. The zero-order valence-corrected chi connectivity index (χ0v) is 9.18. The van der Waals surface area contributed by atoms with Gasteiger partial charge in [0.15, 0.2) is 0 Å². The summed E-state index contributed by atoms with van der Waals surface area (Å²) in [6.07, 6.45) is 0.461. The Bertz CT molecular complexity index is 113. The van der Waals surface area contributed by atoms with Crippen molar-refractivity contribution in [2.24, 2.45) is 0 Å². The molecule has 0 radical (unpaired) electrons. The van der Waals surface area contributed by atoms with Gasteiger partial charge in [0.05, 0.1) is 24.4 Å². The molecule has 2 heteroatoms. The Labute approximate surface area is 76.3 Å². The van der Waals surface area contributed by atoms with Gasteiger partial charge in [0.2, 0.25) is 0 Å². The lowest BCUT2D eigenvalue weighted by atomic mass is 10.2. The zero-order valence-electron chi connectivity index (χ0n) is 9.18. The van der Waals surface area contributed by atoms with E-state index in [1.165, 1.54) is 0 Å². The van der Waals surface area contributed by atoms with E-state index in [1.54, 1.807) is 0 Å². The van der Waals surface area contributed by atoms with E-state index in [2.05, 4.69) is 20.8 Å². The number of hydrogen-bond donors (Lipinski definition) is 0. The van der Waals surface area contributed by atoms with Crippen LogP contribution in [0.15, 0.2) is 0 Å². The fraction of sp³-hybridized carbons (Fsp3) is 1.00. The summed E-state index contributed by atoms with van der Waals surface area (Å²) in [6.45, 7) is 12.9. The van der Waals surface area contributed by atoms with Gasteiger partial charge >= 0.3 is 0 Å². The molecule has 1 atom stereocenters. The van der Waals surface area contributed by atoms with Gasteiger partial charge in [-0.2, -0.15) is 0 Å². The maximum atomic E-state index is 5.66. The van der Waals surface area contributed by atoms with Gasteiger partial charge in [-0.3, -0.25) is 0 Å². The van der Waals surface area contributed by atoms with E-state index in [1.807, 2.05) is 20.8 Å². The second-order valence-electron chi connectivity index (χ2n) is 4.42. The molecular formula is C10H22O2. The van der Waals surface area contributed by atoms with Crippen LogP contribution < -0.4 is 0 Å². The summed E-state index contributed by atoms with van der Waals surface area (Å²) in [5.74, 6) is 0. The highest BCUT2D eigenvalue weighted by atomic mass is 16.5. The van der Waals surface area contributed by atoms with Crippen LogP contribution in [0.5, 0.6) is 0 Å². The van der Waals surface area contributed by atoms with Crippen molar-refractivity contribution in [3.8, 4) is 0 Å². The molecule has 1 unspecified atom stereocenters. The molecule has 0 fully saturated rings. The highest BCUT2D eigenvalue weighted by molar-refractivity contribution is 4.62. The quantitative estimate of drug-likeness (QED) is 0.652. The molecule has 0 saturated heterocycles. The first-order valence-electron chi connectivity index (χ1n) is 4.60. The third-order valence-corrected chi connectivity index (χ3v) is 1.22. The summed E-state index contributed by atoms with van der Waals surface area (Å²) in [7, 11) is 0. The number of rotatable bonds is 4. The summed E-state index contributed by atoms with van der Waals surface area (Å²) >= 11 is 0. The van der Waals surface area contributed by atoms with Crippen LogP contribution in [0, 0.1) is 0 Å². The highest BCUT2D eigenvalue weighted by Crippen LogP contribution is 2.10. The van der Waals surface area contributed by atoms with Crippen LogP contribution in [0.1, 0.15) is 41.5 Å². The average Bonchev–Trinajstić information content (AvgIpc) is 1.79. The Kier molecular flexibility index (Phi) is 4.80. The normalized spacial score (nSPS) is 15.2. The summed E-state index contributed by atoms with van der Waals surface area (Å²) in [6, 6.07) is 0. The standard InChI is InChI=1S/C10H22O2/c1-8(2)11-7-9(3)12-10(4,5)6/h8-9H,7H2,1-6H3. The molecule has 0 bridgehead atoms. The Hall–Kier alpha value is -0.0800. The Balaban J connectivity index is 3.53. The van der Waals surface area contributed by atoms with Gasteiger partial charge in [-0.15, -0.1) is 0 Å². The number of hydrogen-bond acceptors (Lipinski definition) is 2. The molecule has 0 aliphatic rings. The van der Waals surface area contributed by atoms with Crippen LogP contribution in [0.2, 0.25) is 0 Å². The molecule has 0 rings (SSSR count). The summed E-state index contributed by atoms with van der Waals surface area (Å²) < 4.78 is 11.1. The van der Waals surface area contributed by atoms with Crippen LogP contribution in [0.3, 0.4) is 0 Å². The number of ether oxygens (including phenoxy) is 2. The van der Waals surface area contributed by atoms with Gasteiger partial charge in [0.1, 0.15) is 0 Å². The van der Waals surface area contributed by atoms with Gasteiger partial charge < -0.3 is 9.47 Å². The first-order valence-corrected chi connectivity index (χ1v) is 4.60. The Morgan fingerprint density at radius 2 is 1.58 bits per heavy atom. The predicted octanol–water partition coefficient (Wildman–Crippen LogP) is 2.62. The minimum absolute atomic E-state index is 0.0697. The molecule has 0 saturated carbocycles. The molecule has 2 nitrogen and oxygen atoms in total. The van der Waals surface area contributed by atoms with Crippen molar-refractivity contribution < 1.29 is 9.47 Å². The summed E-state index contributed by atoms with van der Waals surface area (Å²) in [5, 5.41) is 0. The summed E-state index contributed by atoms with van der Waals surface area (Å²) in [4.78, 5) is 0. The monoisotopic (exact) mass is 174 g/mol. The third kappa shape index (κ3) is 8.02. The first-order chi connectivity index (χ1) is 5.31. The molecule has 0 N–H and O–H groups in total. The topological polar surface area (TPSA) is 18.5 Å². The van der Waals surface area contributed by atoms with Crippen LogP contribution >= 0.6 is 0 Å². The molecule has 0 spiro atoms. The fourth-order valence-electron chi connectivity index (χ4n) is 0.966. The molecule has 0 amide bonds. The van der Waals surface area contributed by atoms with Crippen LogP contribution in [-0.4, -0.2) is 24.4 Å². The minimum Gasteiger partial charge on any atom is -0.376 e. The largest absolute Gasteiger partial charge is 0.376 e. The van der Waals surface area contributed by atoms with Crippen LogP contribution in [0.4, 0.5) is 0 Å². The fourth-order valence-corrected chi connectivity index (χ4v) is 0.966. The lowest BCUT2D eigenvalue weighted by molar-refractivity contribution is -0.0925. The van der Waals surface area contributed by atoms with E-state index >= 15 is 0 Å². The molecule has 0 aliphatic carbocycles. The lowest BCUT2D eigenvalue weighted by Gasteiger charge is -2.25. The van der Waals surface area contributed by atoms with Gasteiger partial charge in [-0.05, 0) is 41.5 Å². The maximum absolute atomic E-state index is 5.66. The minimum atomic E-state index is -0.0697. The van der Waals surface area contributed by atoms with Crippen molar-refractivity contribution >= 4 is 0 Å². The van der Waals surface area contributed by atoms with Crippen molar-refractivity contribution in [1.82, 2.24) is 0 Å². The van der Waals surface area contributed by atoms with Gasteiger partial charge in [-0.25, -0.2) is 0 Å². The van der Waals surface area contributed by atoms with Crippen molar-refractivity contribution in [3.05, 3.63) is 0 Å². The van der Waals surface area contributed by atoms with Gasteiger partial charge in [0, 0.05) is 0 Å². The third-order valence-electron chi connectivity index (χ3n) is 1.22. The van der Waals surface area contributed by atoms with Crippen molar-refractivity contribution in [1.29, 1.82) is 0 Å². The average molecular weight is 174 g/mol. The maximum Gasteiger partial charge on any atom is 0.0787 e. The van der Waals surface area contributed by atoms with Gasteiger partial charge in [-0.1, -0.05) is 0 Å². The first kappa shape index (κ1) is 11.9. The molecule has 74 valence electrons. The van der Waals surface area contributed by atoms with Crippen molar-refractivity contribution in [2.75, 3.05) is 6.61 Å². The second-order valence-corrected chi connectivity index (χ2v) is 4.42. The molecule has 12 heavy (non-hydrogen) atoms. The molecule has 0 aromatic heterocycles. The van der Waals surface area contributed by atoms with Crippen molar-refractivity contribution in [2.45, 2.75) is 59.4 Å². The molecule has 0 heterocycles. The summed E-state index contributed by atoms with van der Waals surface area (Å²) in [5.41, 5.74) is -0.0697. The molecular weight excluding hydrogens is 152 g/mol. The van der Waals surface area contributed by atoms with Gasteiger partial charge in [0.25, 0.3) is 0 Å². The van der Waals surface area contributed by atoms with E-state index < -0.39 is 0 Å². The second kappa shape index (κ2) is 4.83. The van der Waals surface area contributed by atoms with E-state index in [0.29, 0.717) is 6.61 Å². The van der Waals surface area contributed by atoms with Crippen LogP contribution in [0.25, 0.3) is 0 Å². The van der Waals surface area contributed by atoms with Crippen LogP contribution in [-0.2, 0) is 9.47 Å². The van der Waals surface area contributed by atoms with E-state index in [0.717, 1.165) is 0 Å².